The molecule has 0 unspecified atom stereocenters. The molecule has 3 rings (SSSR count). The first-order chi connectivity index (χ1) is 11.2. The fourth-order valence-electron chi connectivity index (χ4n) is 2.07. The lowest BCUT2D eigenvalue weighted by Gasteiger charge is -2.06. The Balaban J connectivity index is 1.77. The van der Waals surface area contributed by atoms with E-state index in [1.54, 1.807) is 18.9 Å². The largest absolute Gasteiger partial charge is 0.497 e. The number of hydrogen-bond acceptors (Lipinski definition) is 5. The second-order valence-corrected chi connectivity index (χ2v) is 6.58. The van der Waals surface area contributed by atoms with Crippen molar-refractivity contribution in [1.82, 2.24) is 14.9 Å². The van der Waals surface area contributed by atoms with E-state index in [0.717, 1.165) is 21.5 Å². The predicted molar refractivity (Wildman–Crippen MR) is 95.9 cm³/mol. The molecule has 3 aromatic rings. The molecule has 0 saturated heterocycles. The molecule has 5 nitrogen and oxygen atoms in total. The van der Waals surface area contributed by atoms with Crippen LogP contribution < -0.4 is 10.6 Å². The molecule has 0 fully saturated rings. The summed E-state index contributed by atoms with van der Waals surface area (Å²) >= 11 is 5.09. The Morgan fingerprint density at radius 2 is 1.87 bits per heavy atom. The molecule has 0 aliphatic rings. The van der Waals surface area contributed by atoms with E-state index in [9.17, 15) is 0 Å². The third-order valence-corrected chi connectivity index (χ3v) is 5.09. The minimum Gasteiger partial charge on any atom is -0.497 e. The minimum absolute atomic E-state index is 0.627. The van der Waals surface area contributed by atoms with E-state index in [1.807, 2.05) is 42.5 Å². The Hall–Kier alpha value is -1.99. The molecule has 2 N–H and O–H groups in total. The van der Waals surface area contributed by atoms with Crippen LogP contribution in [-0.2, 0) is 5.75 Å². The van der Waals surface area contributed by atoms with Crippen molar-refractivity contribution in [3.05, 3.63) is 58.6 Å². The van der Waals surface area contributed by atoms with Crippen molar-refractivity contribution >= 4 is 27.7 Å². The first-order valence-electron chi connectivity index (χ1n) is 6.90. The molecule has 0 aliphatic heterocycles. The number of nitrogens with two attached hydrogens (primary N) is 1. The number of rotatable bonds is 5. The van der Waals surface area contributed by atoms with Crippen LogP contribution in [-0.4, -0.2) is 22.0 Å². The number of halogens is 1. The Morgan fingerprint density at radius 1 is 1.13 bits per heavy atom. The number of methoxy groups -OCH3 is 1. The number of nitrogen functional groups attached to an aromatic ring is 1. The van der Waals surface area contributed by atoms with Crippen molar-refractivity contribution in [1.29, 1.82) is 0 Å². The third-order valence-electron chi connectivity index (χ3n) is 3.33. The highest BCUT2D eigenvalue weighted by atomic mass is 79.9. The number of benzene rings is 2. The van der Waals surface area contributed by atoms with Gasteiger partial charge in [-0.3, -0.25) is 0 Å². The van der Waals surface area contributed by atoms with Crippen LogP contribution in [0.2, 0.25) is 0 Å². The number of nitrogens with zero attached hydrogens (tertiary/aromatic N) is 3. The van der Waals surface area contributed by atoms with E-state index in [2.05, 4.69) is 32.2 Å². The third kappa shape index (κ3) is 3.51. The summed E-state index contributed by atoms with van der Waals surface area (Å²) in [4.78, 5) is 0. The van der Waals surface area contributed by atoms with Crippen LogP contribution in [0.3, 0.4) is 0 Å². The minimum atomic E-state index is 0.627. The van der Waals surface area contributed by atoms with Gasteiger partial charge in [-0.1, -0.05) is 45.9 Å². The van der Waals surface area contributed by atoms with E-state index in [0.29, 0.717) is 11.0 Å². The molecule has 0 amide bonds. The first kappa shape index (κ1) is 15.9. The smallest absolute Gasteiger partial charge is 0.210 e. The van der Waals surface area contributed by atoms with Gasteiger partial charge in [-0.15, -0.1) is 10.2 Å². The van der Waals surface area contributed by atoms with Gasteiger partial charge in [-0.2, -0.15) is 0 Å². The fraction of sp³-hybridized carbons (Fsp3) is 0.125. The normalized spacial score (nSPS) is 10.7. The summed E-state index contributed by atoms with van der Waals surface area (Å²) in [6.07, 6.45) is 0. The molecular formula is C16H15BrN4OS. The van der Waals surface area contributed by atoms with Gasteiger partial charge in [0.2, 0.25) is 5.16 Å². The molecule has 0 atom stereocenters. The van der Waals surface area contributed by atoms with Crippen LogP contribution in [0.25, 0.3) is 11.4 Å². The molecule has 118 valence electrons. The van der Waals surface area contributed by atoms with Crippen LogP contribution in [0.1, 0.15) is 5.56 Å². The zero-order valence-electron chi connectivity index (χ0n) is 12.4. The van der Waals surface area contributed by atoms with Crippen molar-refractivity contribution in [2.75, 3.05) is 13.0 Å². The Kier molecular flexibility index (Phi) is 4.88. The molecule has 7 heteroatoms. The van der Waals surface area contributed by atoms with Gasteiger partial charge in [0.1, 0.15) is 5.75 Å². The second-order valence-electron chi connectivity index (χ2n) is 4.78. The number of aromatic nitrogens is 3. The van der Waals surface area contributed by atoms with E-state index < -0.39 is 0 Å². The summed E-state index contributed by atoms with van der Waals surface area (Å²) in [5.74, 6) is 8.32. The van der Waals surface area contributed by atoms with Gasteiger partial charge in [0.05, 0.1) is 7.11 Å². The van der Waals surface area contributed by atoms with E-state index in [1.165, 1.54) is 10.2 Å². The molecule has 0 saturated carbocycles. The summed E-state index contributed by atoms with van der Waals surface area (Å²) in [5.41, 5.74) is 2.08. The number of hydrogen-bond donors (Lipinski definition) is 1. The van der Waals surface area contributed by atoms with Crippen molar-refractivity contribution < 1.29 is 4.74 Å². The molecule has 1 heterocycles. The molecule has 0 spiro atoms. The highest BCUT2D eigenvalue weighted by Gasteiger charge is 2.13. The Morgan fingerprint density at radius 3 is 2.57 bits per heavy atom. The average Bonchev–Trinajstić information content (AvgIpc) is 2.95. The summed E-state index contributed by atoms with van der Waals surface area (Å²) < 4.78 is 7.75. The maximum absolute atomic E-state index is 6.14. The topological polar surface area (TPSA) is 66.0 Å². The van der Waals surface area contributed by atoms with Gasteiger partial charge in [-0.05, 0) is 35.9 Å². The van der Waals surface area contributed by atoms with Crippen molar-refractivity contribution in [3.8, 4) is 17.1 Å². The molecule has 1 aromatic heterocycles. The molecule has 0 radical (unpaired) electrons. The average molecular weight is 391 g/mol. The second kappa shape index (κ2) is 7.06. The van der Waals surface area contributed by atoms with Crippen LogP contribution in [0.5, 0.6) is 5.75 Å². The van der Waals surface area contributed by atoms with E-state index in [4.69, 9.17) is 10.6 Å². The van der Waals surface area contributed by atoms with Crippen LogP contribution in [0, 0.1) is 0 Å². The number of thioether (sulfide) groups is 1. The van der Waals surface area contributed by atoms with Crippen LogP contribution in [0.4, 0.5) is 0 Å². The maximum atomic E-state index is 6.14. The monoisotopic (exact) mass is 390 g/mol. The first-order valence-corrected chi connectivity index (χ1v) is 8.68. The van der Waals surface area contributed by atoms with E-state index in [-0.39, 0.29) is 0 Å². The van der Waals surface area contributed by atoms with E-state index >= 15 is 0 Å². The SMILES string of the molecule is COc1ccc(-c2nnc(SCc3ccccc3Br)n2N)cc1. The maximum Gasteiger partial charge on any atom is 0.210 e. The summed E-state index contributed by atoms with van der Waals surface area (Å²) in [7, 11) is 1.64. The van der Waals surface area contributed by atoms with Gasteiger partial charge in [-0.25, -0.2) is 4.68 Å². The van der Waals surface area contributed by atoms with Crippen LogP contribution >= 0.6 is 27.7 Å². The molecule has 0 bridgehead atoms. The zero-order chi connectivity index (χ0) is 16.2. The summed E-state index contributed by atoms with van der Waals surface area (Å²) in [5, 5.41) is 9.05. The zero-order valence-corrected chi connectivity index (χ0v) is 14.8. The Labute approximate surface area is 147 Å². The van der Waals surface area contributed by atoms with Crippen molar-refractivity contribution in [3.63, 3.8) is 0 Å². The summed E-state index contributed by atoms with van der Waals surface area (Å²) in [6.45, 7) is 0. The molecule has 2 aromatic carbocycles. The highest BCUT2D eigenvalue weighted by molar-refractivity contribution is 9.10. The molecule has 23 heavy (non-hydrogen) atoms. The van der Waals surface area contributed by atoms with Gasteiger partial charge in [0, 0.05) is 15.8 Å². The van der Waals surface area contributed by atoms with Crippen molar-refractivity contribution in [2.24, 2.45) is 0 Å². The predicted octanol–water partition coefficient (Wildman–Crippen LogP) is 3.72. The lowest BCUT2D eigenvalue weighted by molar-refractivity contribution is 0.415. The van der Waals surface area contributed by atoms with Gasteiger partial charge in [0.15, 0.2) is 5.82 Å². The van der Waals surface area contributed by atoms with Gasteiger partial charge in [0.25, 0.3) is 0 Å². The van der Waals surface area contributed by atoms with Gasteiger partial charge >= 0.3 is 0 Å². The quantitative estimate of drug-likeness (QED) is 0.531. The van der Waals surface area contributed by atoms with Crippen molar-refractivity contribution in [2.45, 2.75) is 10.9 Å². The number of ether oxygens (including phenoxy) is 1. The molecular weight excluding hydrogens is 376 g/mol. The van der Waals surface area contributed by atoms with Crippen LogP contribution in [0.15, 0.2) is 58.2 Å². The lowest BCUT2D eigenvalue weighted by Crippen LogP contribution is -2.11. The Bertz CT molecular complexity index is 804. The highest BCUT2D eigenvalue weighted by Crippen LogP contribution is 2.27. The lowest BCUT2D eigenvalue weighted by atomic mass is 10.2. The standard InChI is InChI=1S/C16H15BrN4OS/c1-22-13-8-6-11(7-9-13)15-19-20-16(21(15)18)23-10-12-4-2-3-5-14(12)17/h2-9H,10,18H2,1H3. The summed E-state index contributed by atoms with van der Waals surface area (Å²) in [6, 6.07) is 15.7. The fourth-order valence-corrected chi connectivity index (χ4v) is 3.54. The van der Waals surface area contributed by atoms with Gasteiger partial charge < -0.3 is 10.6 Å². The molecule has 0 aliphatic carbocycles.